The van der Waals surface area contributed by atoms with Gasteiger partial charge in [-0.3, -0.25) is 4.79 Å². The molecule has 2 unspecified atom stereocenters. The number of carbonyl (C=O) groups excluding carboxylic acids is 1. The zero-order chi connectivity index (χ0) is 17.6. The van der Waals surface area contributed by atoms with Crippen LogP contribution >= 0.6 is 0 Å². The Balaban J connectivity index is 1.66. The first-order valence-corrected chi connectivity index (χ1v) is 9.12. The standard InChI is InChI=1S/C20H26N4O/c1-3-15(2)21-20(25)17-10-7-13-24(14-17)19-12-11-18(22-23-19)16-8-5-4-6-9-16/h4-6,8-9,11-12,15,17H,3,7,10,13-14H2,1-2H3,(H,21,25). The van der Waals surface area contributed by atoms with Crippen molar-refractivity contribution in [1.29, 1.82) is 0 Å². The lowest BCUT2D eigenvalue weighted by atomic mass is 9.96. The third-order valence-electron chi connectivity index (χ3n) is 4.84. The maximum Gasteiger partial charge on any atom is 0.225 e. The summed E-state index contributed by atoms with van der Waals surface area (Å²) in [5.41, 5.74) is 1.93. The molecule has 3 rings (SSSR count). The Morgan fingerprint density at radius 1 is 1.24 bits per heavy atom. The molecule has 0 spiro atoms. The Labute approximate surface area is 149 Å². The van der Waals surface area contributed by atoms with Crippen molar-refractivity contribution in [2.75, 3.05) is 18.0 Å². The van der Waals surface area contributed by atoms with E-state index in [9.17, 15) is 4.79 Å². The monoisotopic (exact) mass is 338 g/mol. The van der Waals surface area contributed by atoms with E-state index in [0.717, 1.165) is 42.9 Å². The van der Waals surface area contributed by atoms with Crippen molar-refractivity contribution in [1.82, 2.24) is 15.5 Å². The number of anilines is 1. The van der Waals surface area contributed by atoms with Crippen molar-refractivity contribution < 1.29 is 4.79 Å². The number of piperidine rings is 1. The molecule has 0 radical (unpaired) electrons. The largest absolute Gasteiger partial charge is 0.354 e. The molecule has 1 aromatic carbocycles. The second-order valence-electron chi connectivity index (χ2n) is 6.75. The van der Waals surface area contributed by atoms with Crippen LogP contribution < -0.4 is 10.2 Å². The van der Waals surface area contributed by atoms with E-state index in [1.54, 1.807) is 0 Å². The van der Waals surface area contributed by atoms with E-state index < -0.39 is 0 Å². The summed E-state index contributed by atoms with van der Waals surface area (Å²) >= 11 is 0. The molecule has 2 aromatic rings. The minimum atomic E-state index is 0.0262. The highest BCUT2D eigenvalue weighted by Gasteiger charge is 2.27. The third kappa shape index (κ3) is 4.35. The van der Waals surface area contributed by atoms with Crippen LogP contribution in [0.3, 0.4) is 0 Å². The van der Waals surface area contributed by atoms with Crippen molar-refractivity contribution in [3.8, 4) is 11.3 Å². The summed E-state index contributed by atoms with van der Waals surface area (Å²) in [5, 5.41) is 11.9. The average molecular weight is 338 g/mol. The van der Waals surface area contributed by atoms with Crippen LogP contribution in [-0.4, -0.2) is 35.2 Å². The fourth-order valence-electron chi connectivity index (χ4n) is 3.12. The van der Waals surface area contributed by atoms with Gasteiger partial charge >= 0.3 is 0 Å². The van der Waals surface area contributed by atoms with Crippen molar-refractivity contribution in [3.05, 3.63) is 42.5 Å². The van der Waals surface area contributed by atoms with E-state index in [1.165, 1.54) is 0 Å². The van der Waals surface area contributed by atoms with Crippen LogP contribution in [0.4, 0.5) is 5.82 Å². The van der Waals surface area contributed by atoms with E-state index in [0.29, 0.717) is 6.54 Å². The van der Waals surface area contributed by atoms with Gasteiger partial charge in [-0.05, 0) is 38.3 Å². The quantitative estimate of drug-likeness (QED) is 0.909. The average Bonchev–Trinajstić information content (AvgIpc) is 2.68. The highest BCUT2D eigenvalue weighted by Crippen LogP contribution is 2.23. The van der Waals surface area contributed by atoms with Crippen molar-refractivity contribution >= 4 is 11.7 Å². The van der Waals surface area contributed by atoms with Crippen LogP contribution in [0.2, 0.25) is 0 Å². The molecule has 1 amide bonds. The van der Waals surface area contributed by atoms with Crippen LogP contribution in [0.15, 0.2) is 42.5 Å². The van der Waals surface area contributed by atoms with Gasteiger partial charge in [0.2, 0.25) is 5.91 Å². The first-order valence-electron chi connectivity index (χ1n) is 9.12. The van der Waals surface area contributed by atoms with Gasteiger partial charge < -0.3 is 10.2 Å². The van der Waals surface area contributed by atoms with Crippen LogP contribution in [0.1, 0.15) is 33.1 Å². The highest BCUT2D eigenvalue weighted by molar-refractivity contribution is 5.79. The maximum atomic E-state index is 12.4. The normalized spacial score (nSPS) is 18.6. The maximum absolute atomic E-state index is 12.4. The minimum absolute atomic E-state index is 0.0262. The summed E-state index contributed by atoms with van der Waals surface area (Å²) in [4.78, 5) is 14.6. The number of hydrogen-bond acceptors (Lipinski definition) is 4. The Morgan fingerprint density at radius 2 is 2.04 bits per heavy atom. The lowest BCUT2D eigenvalue weighted by molar-refractivity contribution is -0.125. The van der Waals surface area contributed by atoms with Crippen LogP contribution in [0.5, 0.6) is 0 Å². The summed E-state index contributed by atoms with van der Waals surface area (Å²) in [7, 11) is 0. The summed E-state index contributed by atoms with van der Waals surface area (Å²) in [6.45, 7) is 5.77. The molecule has 1 saturated heterocycles. The molecule has 1 aromatic heterocycles. The zero-order valence-electron chi connectivity index (χ0n) is 15.0. The fourth-order valence-corrected chi connectivity index (χ4v) is 3.12. The lowest BCUT2D eigenvalue weighted by Gasteiger charge is -2.33. The number of aromatic nitrogens is 2. The number of carbonyl (C=O) groups is 1. The molecule has 1 aliphatic heterocycles. The summed E-state index contributed by atoms with van der Waals surface area (Å²) in [5.74, 6) is 1.03. The molecule has 5 nitrogen and oxygen atoms in total. The minimum Gasteiger partial charge on any atom is -0.354 e. The smallest absolute Gasteiger partial charge is 0.225 e. The van der Waals surface area contributed by atoms with E-state index in [2.05, 4.69) is 27.3 Å². The second-order valence-corrected chi connectivity index (χ2v) is 6.75. The molecule has 0 bridgehead atoms. The molecule has 1 N–H and O–H groups in total. The number of amides is 1. The summed E-state index contributed by atoms with van der Waals surface area (Å²) < 4.78 is 0. The van der Waals surface area contributed by atoms with Gasteiger partial charge in [0, 0.05) is 24.7 Å². The molecule has 1 aliphatic rings. The SMILES string of the molecule is CCC(C)NC(=O)C1CCCN(c2ccc(-c3ccccc3)nn2)C1. The van der Waals surface area contributed by atoms with E-state index in [1.807, 2.05) is 49.4 Å². The number of hydrogen-bond donors (Lipinski definition) is 1. The Morgan fingerprint density at radius 3 is 2.72 bits per heavy atom. The number of rotatable bonds is 5. The Bertz CT molecular complexity index is 687. The molecule has 132 valence electrons. The Kier molecular flexibility index (Phi) is 5.64. The van der Waals surface area contributed by atoms with Gasteiger partial charge in [0.05, 0.1) is 11.6 Å². The van der Waals surface area contributed by atoms with Gasteiger partial charge in [0.25, 0.3) is 0 Å². The first kappa shape index (κ1) is 17.4. The molecule has 0 saturated carbocycles. The number of nitrogens with one attached hydrogen (secondary N) is 1. The van der Waals surface area contributed by atoms with Crippen LogP contribution in [0, 0.1) is 5.92 Å². The van der Waals surface area contributed by atoms with E-state index >= 15 is 0 Å². The molecular weight excluding hydrogens is 312 g/mol. The van der Waals surface area contributed by atoms with Gasteiger partial charge in [0.1, 0.15) is 0 Å². The second kappa shape index (κ2) is 8.10. The topological polar surface area (TPSA) is 58.1 Å². The van der Waals surface area contributed by atoms with E-state index in [4.69, 9.17) is 0 Å². The molecule has 1 fully saturated rings. The van der Waals surface area contributed by atoms with Gasteiger partial charge in [-0.25, -0.2) is 0 Å². The molecular formula is C20H26N4O. The van der Waals surface area contributed by atoms with Gasteiger partial charge in [-0.15, -0.1) is 10.2 Å². The van der Waals surface area contributed by atoms with Crippen molar-refractivity contribution in [2.24, 2.45) is 5.92 Å². The fraction of sp³-hybridized carbons (Fsp3) is 0.450. The molecule has 5 heteroatoms. The number of nitrogens with zero attached hydrogens (tertiary/aromatic N) is 3. The first-order chi connectivity index (χ1) is 12.2. The third-order valence-corrected chi connectivity index (χ3v) is 4.84. The van der Waals surface area contributed by atoms with Crippen LogP contribution in [0.25, 0.3) is 11.3 Å². The van der Waals surface area contributed by atoms with Crippen molar-refractivity contribution in [2.45, 2.75) is 39.2 Å². The summed E-state index contributed by atoms with van der Waals surface area (Å²) in [6.07, 6.45) is 2.89. The molecule has 2 atom stereocenters. The molecule has 2 heterocycles. The van der Waals surface area contributed by atoms with Crippen LogP contribution in [-0.2, 0) is 4.79 Å². The van der Waals surface area contributed by atoms with Gasteiger partial charge in [0.15, 0.2) is 5.82 Å². The molecule has 0 aliphatic carbocycles. The predicted octanol–water partition coefficient (Wildman–Crippen LogP) is 3.27. The zero-order valence-corrected chi connectivity index (χ0v) is 15.0. The van der Waals surface area contributed by atoms with Gasteiger partial charge in [-0.2, -0.15) is 0 Å². The van der Waals surface area contributed by atoms with Gasteiger partial charge in [-0.1, -0.05) is 37.3 Å². The summed E-state index contributed by atoms with van der Waals surface area (Å²) in [6, 6.07) is 14.3. The predicted molar refractivity (Wildman–Crippen MR) is 100 cm³/mol. The highest BCUT2D eigenvalue weighted by atomic mass is 16.2. The number of benzene rings is 1. The Hall–Kier alpha value is -2.43. The molecule has 25 heavy (non-hydrogen) atoms. The van der Waals surface area contributed by atoms with E-state index in [-0.39, 0.29) is 17.9 Å². The lowest BCUT2D eigenvalue weighted by Crippen LogP contribution is -2.45. The van der Waals surface area contributed by atoms with Crippen molar-refractivity contribution in [3.63, 3.8) is 0 Å².